The highest BCUT2D eigenvalue weighted by Gasteiger charge is 2.33. The lowest BCUT2D eigenvalue weighted by molar-refractivity contribution is -0.134. The summed E-state index contributed by atoms with van der Waals surface area (Å²) in [4.78, 5) is 14.6. The zero-order chi connectivity index (χ0) is 14.0. The van der Waals surface area contributed by atoms with Crippen LogP contribution in [0.15, 0.2) is 30.5 Å². The van der Waals surface area contributed by atoms with Crippen LogP contribution in [0.1, 0.15) is 20.8 Å². The van der Waals surface area contributed by atoms with Crippen molar-refractivity contribution in [1.29, 1.82) is 0 Å². The molecular formula is C12H9F3N2OS. The van der Waals surface area contributed by atoms with Gasteiger partial charge in [0.15, 0.2) is 5.13 Å². The molecule has 0 fully saturated rings. The predicted molar refractivity (Wildman–Crippen MR) is 66.2 cm³/mol. The molecule has 0 saturated carbocycles. The fraction of sp³-hybridized carbons (Fsp3) is 0.167. The SMILES string of the molecule is Cc1ccccc1C(=O)Nc1ncc(C(F)(F)F)s1. The fourth-order valence-corrected chi connectivity index (χ4v) is 2.13. The molecule has 0 bridgehead atoms. The number of halogens is 3. The number of carbonyl (C=O) groups is 1. The third-order valence-corrected chi connectivity index (χ3v) is 3.35. The molecule has 0 aliphatic carbocycles. The lowest BCUT2D eigenvalue weighted by Crippen LogP contribution is -2.12. The number of hydrogen-bond acceptors (Lipinski definition) is 3. The van der Waals surface area contributed by atoms with E-state index >= 15 is 0 Å². The zero-order valence-corrected chi connectivity index (χ0v) is 10.6. The summed E-state index contributed by atoms with van der Waals surface area (Å²) in [5, 5.41) is 2.29. The van der Waals surface area contributed by atoms with Gasteiger partial charge in [-0.15, -0.1) is 0 Å². The maximum Gasteiger partial charge on any atom is 0.427 e. The van der Waals surface area contributed by atoms with Gasteiger partial charge in [-0.25, -0.2) is 4.98 Å². The molecule has 0 unspecified atom stereocenters. The van der Waals surface area contributed by atoms with E-state index < -0.39 is 17.0 Å². The van der Waals surface area contributed by atoms with Crippen LogP contribution in [0.3, 0.4) is 0 Å². The lowest BCUT2D eigenvalue weighted by Gasteiger charge is -2.04. The van der Waals surface area contributed by atoms with Gasteiger partial charge in [0.25, 0.3) is 5.91 Å². The fourth-order valence-electron chi connectivity index (χ4n) is 1.46. The van der Waals surface area contributed by atoms with E-state index in [0.29, 0.717) is 23.1 Å². The normalized spacial score (nSPS) is 11.4. The van der Waals surface area contributed by atoms with Crippen molar-refractivity contribution in [2.75, 3.05) is 5.32 Å². The molecule has 7 heteroatoms. The van der Waals surface area contributed by atoms with E-state index in [1.165, 1.54) is 0 Å². The quantitative estimate of drug-likeness (QED) is 0.914. The summed E-state index contributed by atoms with van der Waals surface area (Å²) in [6, 6.07) is 6.81. The van der Waals surface area contributed by atoms with Gasteiger partial charge in [-0.3, -0.25) is 10.1 Å². The zero-order valence-electron chi connectivity index (χ0n) is 9.78. The molecule has 0 saturated heterocycles. The first-order chi connectivity index (χ1) is 8.88. The van der Waals surface area contributed by atoms with Crippen molar-refractivity contribution in [3.63, 3.8) is 0 Å². The number of nitrogens with zero attached hydrogens (tertiary/aromatic N) is 1. The van der Waals surface area contributed by atoms with Gasteiger partial charge in [0.05, 0.1) is 6.20 Å². The molecule has 0 radical (unpaired) electrons. The van der Waals surface area contributed by atoms with Crippen molar-refractivity contribution in [2.45, 2.75) is 13.1 Å². The number of nitrogens with one attached hydrogen (secondary N) is 1. The molecular weight excluding hydrogens is 277 g/mol. The molecule has 2 aromatic rings. The minimum Gasteiger partial charge on any atom is -0.298 e. The Morgan fingerprint density at radius 3 is 2.58 bits per heavy atom. The van der Waals surface area contributed by atoms with Crippen LogP contribution in [0, 0.1) is 6.92 Å². The van der Waals surface area contributed by atoms with Crippen LogP contribution in [0.25, 0.3) is 0 Å². The summed E-state index contributed by atoms with van der Waals surface area (Å²) in [5.74, 6) is -0.471. The molecule has 1 N–H and O–H groups in total. The van der Waals surface area contributed by atoms with E-state index in [2.05, 4.69) is 10.3 Å². The maximum atomic E-state index is 12.4. The molecule has 1 aromatic heterocycles. The first-order valence-electron chi connectivity index (χ1n) is 5.28. The Balaban J connectivity index is 2.16. The van der Waals surface area contributed by atoms with Crippen molar-refractivity contribution in [2.24, 2.45) is 0 Å². The van der Waals surface area contributed by atoms with Crippen molar-refractivity contribution < 1.29 is 18.0 Å². The van der Waals surface area contributed by atoms with Crippen molar-refractivity contribution >= 4 is 22.4 Å². The summed E-state index contributed by atoms with van der Waals surface area (Å²) in [6.07, 6.45) is -3.73. The molecule has 0 aliphatic heterocycles. The summed E-state index contributed by atoms with van der Waals surface area (Å²) >= 11 is 0.401. The number of amides is 1. The third-order valence-electron chi connectivity index (χ3n) is 2.40. The highest BCUT2D eigenvalue weighted by Crippen LogP contribution is 2.35. The highest BCUT2D eigenvalue weighted by atomic mass is 32.1. The molecule has 100 valence electrons. The monoisotopic (exact) mass is 286 g/mol. The van der Waals surface area contributed by atoms with Crippen LogP contribution in [-0.4, -0.2) is 10.9 Å². The number of carbonyl (C=O) groups excluding carboxylic acids is 1. The second-order valence-electron chi connectivity index (χ2n) is 3.80. The Hall–Kier alpha value is -1.89. The van der Waals surface area contributed by atoms with E-state index in [-0.39, 0.29) is 5.13 Å². The molecule has 2 rings (SSSR count). The molecule has 19 heavy (non-hydrogen) atoms. The molecule has 0 aliphatic rings. The van der Waals surface area contributed by atoms with Gasteiger partial charge in [-0.2, -0.15) is 13.2 Å². The summed E-state index contributed by atoms with van der Waals surface area (Å²) in [5.41, 5.74) is 1.15. The van der Waals surface area contributed by atoms with Gasteiger partial charge in [0.1, 0.15) is 4.88 Å². The van der Waals surface area contributed by atoms with E-state index in [0.717, 1.165) is 5.56 Å². The minimum absolute atomic E-state index is 0.0689. The average molecular weight is 286 g/mol. The molecule has 1 amide bonds. The summed E-state index contributed by atoms with van der Waals surface area (Å²) in [6.45, 7) is 1.75. The number of hydrogen-bond donors (Lipinski definition) is 1. The Bertz CT molecular complexity index is 607. The van der Waals surface area contributed by atoms with Gasteiger partial charge < -0.3 is 0 Å². The van der Waals surface area contributed by atoms with E-state index in [1.807, 2.05) is 0 Å². The first-order valence-corrected chi connectivity index (χ1v) is 6.09. The van der Waals surface area contributed by atoms with Gasteiger partial charge in [-0.1, -0.05) is 29.5 Å². The van der Waals surface area contributed by atoms with Crippen molar-refractivity contribution in [3.8, 4) is 0 Å². The largest absolute Gasteiger partial charge is 0.427 e. The molecule has 1 aromatic carbocycles. The van der Waals surface area contributed by atoms with Gasteiger partial charge in [0, 0.05) is 5.56 Å². The number of aryl methyl sites for hydroxylation is 1. The molecule has 1 heterocycles. The Kier molecular flexibility index (Phi) is 3.57. The van der Waals surface area contributed by atoms with Gasteiger partial charge in [-0.05, 0) is 18.6 Å². The molecule has 3 nitrogen and oxygen atoms in total. The van der Waals surface area contributed by atoms with Crippen LogP contribution >= 0.6 is 11.3 Å². The standard InChI is InChI=1S/C12H9F3N2OS/c1-7-4-2-3-5-8(7)10(18)17-11-16-6-9(19-11)12(13,14)15/h2-6H,1H3,(H,16,17,18). The van der Waals surface area contributed by atoms with Crippen LogP contribution < -0.4 is 5.32 Å². The highest BCUT2D eigenvalue weighted by molar-refractivity contribution is 7.15. The maximum absolute atomic E-state index is 12.4. The smallest absolute Gasteiger partial charge is 0.298 e. The van der Waals surface area contributed by atoms with Crippen LogP contribution in [0.5, 0.6) is 0 Å². The molecule has 0 spiro atoms. The van der Waals surface area contributed by atoms with Crippen LogP contribution in [-0.2, 0) is 6.18 Å². The Labute approximate surface area is 111 Å². The number of thiazole rings is 1. The second kappa shape index (κ2) is 5.00. The summed E-state index contributed by atoms with van der Waals surface area (Å²) in [7, 11) is 0. The van der Waals surface area contributed by atoms with Crippen LogP contribution in [0.2, 0.25) is 0 Å². The number of anilines is 1. The average Bonchev–Trinajstić information content (AvgIpc) is 2.77. The van der Waals surface area contributed by atoms with Crippen molar-refractivity contribution in [1.82, 2.24) is 4.98 Å². The first kappa shape index (κ1) is 13.5. The van der Waals surface area contributed by atoms with E-state index in [9.17, 15) is 18.0 Å². The predicted octanol–water partition coefficient (Wildman–Crippen LogP) is 3.72. The van der Waals surface area contributed by atoms with Gasteiger partial charge >= 0.3 is 6.18 Å². The molecule has 0 atom stereocenters. The number of benzene rings is 1. The number of rotatable bonds is 2. The Morgan fingerprint density at radius 2 is 2.00 bits per heavy atom. The second-order valence-corrected chi connectivity index (χ2v) is 4.83. The van der Waals surface area contributed by atoms with Crippen LogP contribution in [0.4, 0.5) is 18.3 Å². The lowest BCUT2D eigenvalue weighted by atomic mass is 10.1. The van der Waals surface area contributed by atoms with E-state index in [1.54, 1.807) is 31.2 Å². The minimum atomic E-state index is -4.44. The third kappa shape index (κ3) is 3.11. The van der Waals surface area contributed by atoms with E-state index in [4.69, 9.17) is 0 Å². The number of aromatic nitrogens is 1. The summed E-state index contributed by atoms with van der Waals surface area (Å²) < 4.78 is 37.2. The van der Waals surface area contributed by atoms with Gasteiger partial charge in [0.2, 0.25) is 0 Å². The number of alkyl halides is 3. The Morgan fingerprint density at radius 1 is 1.32 bits per heavy atom. The topological polar surface area (TPSA) is 42.0 Å². The van der Waals surface area contributed by atoms with Crippen molar-refractivity contribution in [3.05, 3.63) is 46.5 Å².